The molecule has 0 aromatic heterocycles. The molecule has 0 saturated heterocycles. The molecular formula is C16H16F2N2S. The molecule has 2 N–H and O–H groups in total. The van der Waals surface area contributed by atoms with Gasteiger partial charge in [-0.2, -0.15) is 0 Å². The van der Waals surface area contributed by atoms with Crippen LogP contribution in [0.15, 0.2) is 42.5 Å². The number of anilines is 1. The summed E-state index contributed by atoms with van der Waals surface area (Å²) < 4.78 is 26.0. The van der Waals surface area contributed by atoms with E-state index in [9.17, 15) is 8.78 Å². The van der Waals surface area contributed by atoms with Gasteiger partial charge in [-0.3, -0.25) is 0 Å². The van der Waals surface area contributed by atoms with Gasteiger partial charge in [0.05, 0.1) is 6.04 Å². The van der Waals surface area contributed by atoms with Crippen molar-refractivity contribution in [1.82, 2.24) is 5.32 Å². The van der Waals surface area contributed by atoms with Crippen molar-refractivity contribution in [3.8, 4) is 0 Å². The summed E-state index contributed by atoms with van der Waals surface area (Å²) in [6, 6.07) is 11.6. The van der Waals surface area contributed by atoms with Gasteiger partial charge in [0.2, 0.25) is 0 Å². The average Bonchev–Trinajstić information content (AvgIpc) is 2.43. The van der Waals surface area contributed by atoms with Gasteiger partial charge in [-0.15, -0.1) is 0 Å². The third-order valence-corrected chi connectivity index (χ3v) is 3.40. The van der Waals surface area contributed by atoms with E-state index in [0.717, 1.165) is 23.3 Å². The fourth-order valence-electron chi connectivity index (χ4n) is 2.09. The highest BCUT2D eigenvalue weighted by Gasteiger charge is 2.10. The first-order valence-corrected chi connectivity index (χ1v) is 6.96. The van der Waals surface area contributed by atoms with E-state index in [1.165, 1.54) is 6.07 Å². The van der Waals surface area contributed by atoms with Crippen LogP contribution in [0.5, 0.6) is 0 Å². The number of hydrogen-bond donors (Lipinski definition) is 2. The van der Waals surface area contributed by atoms with Gasteiger partial charge in [0.1, 0.15) is 0 Å². The molecular weight excluding hydrogens is 290 g/mol. The summed E-state index contributed by atoms with van der Waals surface area (Å²) in [7, 11) is 0. The number of nitrogens with one attached hydrogen (secondary N) is 2. The van der Waals surface area contributed by atoms with Gasteiger partial charge in [0.15, 0.2) is 16.7 Å². The number of rotatable bonds is 3. The molecule has 2 aromatic rings. The zero-order valence-corrected chi connectivity index (χ0v) is 12.6. The van der Waals surface area contributed by atoms with E-state index >= 15 is 0 Å². The van der Waals surface area contributed by atoms with E-state index in [2.05, 4.69) is 10.6 Å². The minimum absolute atomic E-state index is 0.0106. The van der Waals surface area contributed by atoms with E-state index in [1.807, 2.05) is 38.1 Å². The monoisotopic (exact) mass is 306 g/mol. The molecule has 0 heterocycles. The zero-order chi connectivity index (χ0) is 15.4. The summed E-state index contributed by atoms with van der Waals surface area (Å²) in [6.07, 6.45) is 0. The summed E-state index contributed by atoms with van der Waals surface area (Å²) in [6.45, 7) is 4.01. The number of thiocarbonyl (C=S) groups is 1. The van der Waals surface area contributed by atoms with Crippen molar-refractivity contribution in [2.24, 2.45) is 0 Å². The molecule has 5 heteroatoms. The van der Waals surface area contributed by atoms with Crippen molar-refractivity contribution in [2.45, 2.75) is 19.9 Å². The highest BCUT2D eigenvalue weighted by atomic mass is 32.1. The number of aryl methyl sites for hydroxylation is 1. The Kier molecular flexibility index (Phi) is 4.85. The highest BCUT2D eigenvalue weighted by molar-refractivity contribution is 7.80. The van der Waals surface area contributed by atoms with E-state index in [1.54, 1.807) is 0 Å². The van der Waals surface area contributed by atoms with Crippen LogP contribution >= 0.6 is 12.2 Å². The lowest BCUT2D eigenvalue weighted by molar-refractivity contribution is 0.509. The third-order valence-electron chi connectivity index (χ3n) is 3.18. The van der Waals surface area contributed by atoms with Crippen LogP contribution in [0.25, 0.3) is 0 Å². The predicted molar refractivity (Wildman–Crippen MR) is 85.3 cm³/mol. The van der Waals surface area contributed by atoms with Crippen LogP contribution in [0.4, 0.5) is 14.5 Å². The second-order valence-corrected chi connectivity index (χ2v) is 5.21. The van der Waals surface area contributed by atoms with E-state index in [0.29, 0.717) is 10.8 Å². The molecule has 0 unspecified atom stereocenters. The molecule has 0 spiro atoms. The van der Waals surface area contributed by atoms with E-state index in [-0.39, 0.29) is 6.04 Å². The first kappa shape index (κ1) is 15.4. The molecule has 2 aromatic carbocycles. The Morgan fingerprint density at radius 1 is 1.10 bits per heavy atom. The second kappa shape index (κ2) is 6.63. The van der Waals surface area contributed by atoms with Crippen LogP contribution in [0, 0.1) is 18.6 Å². The first-order chi connectivity index (χ1) is 9.97. The van der Waals surface area contributed by atoms with Gasteiger partial charge >= 0.3 is 0 Å². The molecule has 2 rings (SSSR count). The minimum atomic E-state index is -0.908. The number of halogens is 2. The molecule has 0 aliphatic rings. The molecule has 0 radical (unpaired) electrons. The molecule has 0 saturated carbocycles. The molecule has 1 atom stereocenters. The summed E-state index contributed by atoms with van der Waals surface area (Å²) in [5.41, 5.74) is 2.70. The van der Waals surface area contributed by atoms with Gasteiger partial charge in [0, 0.05) is 11.8 Å². The standard InChI is InChI=1S/C16H16F2N2S/c1-10-5-3-4-6-13(10)11(2)19-16(21)20-12-7-8-14(17)15(18)9-12/h3-9,11H,1-2H3,(H2,19,20,21)/t11-/m0/s1. The summed E-state index contributed by atoms with van der Waals surface area (Å²) in [4.78, 5) is 0. The Morgan fingerprint density at radius 2 is 1.81 bits per heavy atom. The fourth-order valence-corrected chi connectivity index (χ4v) is 2.38. The molecule has 2 nitrogen and oxygen atoms in total. The lowest BCUT2D eigenvalue weighted by atomic mass is 10.0. The van der Waals surface area contributed by atoms with Gasteiger partial charge in [-0.05, 0) is 49.3 Å². The van der Waals surface area contributed by atoms with Crippen LogP contribution in [0.1, 0.15) is 24.1 Å². The third kappa shape index (κ3) is 3.98. The zero-order valence-electron chi connectivity index (χ0n) is 11.8. The van der Waals surface area contributed by atoms with Gasteiger partial charge in [-0.25, -0.2) is 8.78 Å². The van der Waals surface area contributed by atoms with Crippen LogP contribution < -0.4 is 10.6 Å². The smallest absolute Gasteiger partial charge is 0.171 e. The normalized spacial score (nSPS) is 11.8. The predicted octanol–water partition coefficient (Wildman–Crippen LogP) is 4.32. The highest BCUT2D eigenvalue weighted by Crippen LogP contribution is 2.17. The summed E-state index contributed by atoms with van der Waals surface area (Å²) in [5, 5.41) is 6.33. The average molecular weight is 306 g/mol. The molecule has 21 heavy (non-hydrogen) atoms. The van der Waals surface area contributed by atoms with Crippen molar-refractivity contribution < 1.29 is 8.78 Å². The number of hydrogen-bond acceptors (Lipinski definition) is 1. The molecule has 0 fully saturated rings. The summed E-state index contributed by atoms with van der Waals surface area (Å²) >= 11 is 5.19. The Bertz CT molecular complexity index is 658. The van der Waals surface area contributed by atoms with Crippen molar-refractivity contribution in [3.05, 3.63) is 65.2 Å². The number of benzene rings is 2. The lowest BCUT2D eigenvalue weighted by Crippen LogP contribution is -2.31. The van der Waals surface area contributed by atoms with E-state index in [4.69, 9.17) is 12.2 Å². The maximum Gasteiger partial charge on any atom is 0.171 e. The van der Waals surface area contributed by atoms with Crippen LogP contribution in [-0.2, 0) is 0 Å². The van der Waals surface area contributed by atoms with Crippen molar-refractivity contribution in [2.75, 3.05) is 5.32 Å². The largest absolute Gasteiger partial charge is 0.356 e. The van der Waals surface area contributed by atoms with Crippen molar-refractivity contribution in [3.63, 3.8) is 0 Å². The Balaban J connectivity index is 2.01. The van der Waals surface area contributed by atoms with Crippen molar-refractivity contribution in [1.29, 1.82) is 0 Å². The fraction of sp³-hybridized carbons (Fsp3) is 0.188. The van der Waals surface area contributed by atoms with E-state index < -0.39 is 11.6 Å². The summed E-state index contributed by atoms with van der Waals surface area (Å²) in [5.74, 6) is -1.79. The van der Waals surface area contributed by atoms with Gasteiger partial charge < -0.3 is 10.6 Å². The minimum Gasteiger partial charge on any atom is -0.356 e. The van der Waals surface area contributed by atoms with Crippen molar-refractivity contribution >= 4 is 23.0 Å². The van der Waals surface area contributed by atoms with Crippen LogP contribution in [0.2, 0.25) is 0 Å². The quantitative estimate of drug-likeness (QED) is 0.826. The molecule has 0 amide bonds. The van der Waals surface area contributed by atoms with Gasteiger partial charge in [-0.1, -0.05) is 24.3 Å². The second-order valence-electron chi connectivity index (χ2n) is 4.81. The first-order valence-electron chi connectivity index (χ1n) is 6.55. The van der Waals surface area contributed by atoms with Crippen LogP contribution in [0.3, 0.4) is 0 Å². The maximum atomic E-state index is 13.1. The molecule has 0 aliphatic carbocycles. The SMILES string of the molecule is Cc1ccccc1[C@H](C)NC(=S)Nc1ccc(F)c(F)c1. The molecule has 0 bridgehead atoms. The Morgan fingerprint density at radius 3 is 2.48 bits per heavy atom. The maximum absolute atomic E-state index is 13.1. The topological polar surface area (TPSA) is 24.1 Å². The van der Waals surface area contributed by atoms with Crippen LogP contribution in [-0.4, -0.2) is 5.11 Å². The Labute approximate surface area is 128 Å². The lowest BCUT2D eigenvalue weighted by Gasteiger charge is -2.19. The molecule has 0 aliphatic heterocycles. The molecule has 110 valence electrons. The van der Waals surface area contributed by atoms with Gasteiger partial charge in [0.25, 0.3) is 0 Å². The Hall–Kier alpha value is -2.01.